The van der Waals surface area contributed by atoms with E-state index in [0.29, 0.717) is 12.0 Å². The highest BCUT2D eigenvalue weighted by molar-refractivity contribution is 5.78. The lowest BCUT2D eigenvalue weighted by Crippen LogP contribution is -2.14. The first-order chi connectivity index (χ1) is 12.0. The molecule has 1 heterocycles. The molecule has 25 heavy (non-hydrogen) atoms. The minimum absolute atomic E-state index is 0.0867. The van der Waals surface area contributed by atoms with E-state index in [9.17, 15) is 14.9 Å². The fraction of sp³-hybridized carbons (Fsp3) is 0.111. The van der Waals surface area contributed by atoms with Crippen LogP contribution in [0.4, 0.5) is 5.69 Å². The maximum Gasteiger partial charge on any atom is 0.273 e. The summed E-state index contributed by atoms with van der Waals surface area (Å²) >= 11 is 0. The summed E-state index contributed by atoms with van der Waals surface area (Å²) in [4.78, 5) is 26.0. The molecule has 0 saturated heterocycles. The Balaban J connectivity index is 1.95. The van der Waals surface area contributed by atoms with E-state index in [2.05, 4.69) is 4.98 Å². The SMILES string of the molecule is NC(=O)Cc1ccc(Cc2ccccc2-n2ccnc2)cc1[N+](=O)[O-]. The number of rotatable bonds is 6. The highest BCUT2D eigenvalue weighted by Gasteiger charge is 2.17. The largest absolute Gasteiger partial charge is 0.369 e. The second-order valence-electron chi connectivity index (χ2n) is 5.64. The smallest absolute Gasteiger partial charge is 0.273 e. The van der Waals surface area contributed by atoms with Crippen molar-refractivity contribution in [1.82, 2.24) is 9.55 Å². The van der Waals surface area contributed by atoms with Gasteiger partial charge in [0.05, 0.1) is 17.7 Å². The van der Waals surface area contributed by atoms with Crippen LogP contribution in [0.2, 0.25) is 0 Å². The lowest BCUT2D eigenvalue weighted by atomic mass is 9.99. The summed E-state index contributed by atoms with van der Waals surface area (Å²) in [6, 6.07) is 12.7. The van der Waals surface area contributed by atoms with E-state index in [1.54, 1.807) is 24.7 Å². The monoisotopic (exact) mass is 336 g/mol. The van der Waals surface area contributed by atoms with Gasteiger partial charge in [-0.25, -0.2) is 4.98 Å². The lowest BCUT2D eigenvalue weighted by Gasteiger charge is -2.11. The minimum Gasteiger partial charge on any atom is -0.369 e. The maximum atomic E-state index is 11.3. The van der Waals surface area contributed by atoms with Gasteiger partial charge in [0.2, 0.25) is 5.91 Å². The molecule has 7 nitrogen and oxygen atoms in total. The number of para-hydroxylation sites is 1. The highest BCUT2D eigenvalue weighted by atomic mass is 16.6. The molecular formula is C18H16N4O3. The Hall–Kier alpha value is -3.48. The number of aromatic nitrogens is 2. The summed E-state index contributed by atoms with van der Waals surface area (Å²) in [7, 11) is 0. The van der Waals surface area contributed by atoms with Crippen molar-refractivity contribution in [2.24, 2.45) is 5.73 Å². The summed E-state index contributed by atoms with van der Waals surface area (Å²) in [5.41, 5.74) is 8.15. The van der Waals surface area contributed by atoms with Crippen LogP contribution < -0.4 is 5.73 Å². The number of nitro groups is 1. The third-order valence-electron chi connectivity index (χ3n) is 3.88. The van der Waals surface area contributed by atoms with Crippen molar-refractivity contribution in [3.05, 3.63) is 88.0 Å². The molecule has 0 saturated carbocycles. The van der Waals surface area contributed by atoms with Gasteiger partial charge in [-0.2, -0.15) is 0 Å². The Labute approximate surface area is 143 Å². The molecule has 0 unspecified atom stereocenters. The van der Waals surface area contributed by atoms with Gasteiger partial charge in [-0.15, -0.1) is 0 Å². The number of hydrogen-bond donors (Lipinski definition) is 1. The number of primary amides is 1. The van der Waals surface area contributed by atoms with Crippen LogP contribution in [0.1, 0.15) is 16.7 Å². The first-order valence-electron chi connectivity index (χ1n) is 7.65. The summed E-state index contributed by atoms with van der Waals surface area (Å²) in [6.07, 6.45) is 5.61. The molecule has 1 amide bonds. The molecule has 7 heteroatoms. The molecule has 0 spiro atoms. The second-order valence-corrected chi connectivity index (χ2v) is 5.64. The first-order valence-corrected chi connectivity index (χ1v) is 7.65. The van der Waals surface area contributed by atoms with Crippen LogP contribution in [0.25, 0.3) is 5.69 Å². The Morgan fingerprint density at radius 3 is 2.68 bits per heavy atom. The van der Waals surface area contributed by atoms with Crippen LogP contribution in [0.15, 0.2) is 61.2 Å². The number of benzene rings is 2. The van der Waals surface area contributed by atoms with Crippen LogP contribution in [-0.4, -0.2) is 20.4 Å². The van der Waals surface area contributed by atoms with E-state index in [1.165, 1.54) is 6.07 Å². The van der Waals surface area contributed by atoms with Crippen molar-refractivity contribution >= 4 is 11.6 Å². The predicted molar refractivity (Wildman–Crippen MR) is 92.4 cm³/mol. The molecule has 1 aromatic heterocycles. The lowest BCUT2D eigenvalue weighted by molar-refractivity contribution is -0.385. The van der Waals surface area contributed by atoms with Crippen LogP contribution in [0, 0.1) is 10.1 Å². The van der Waals surface area contributed by atoms with Gasteiger partial charge in [-0.05, 0) is 23.6 Å². The zero-order valence-corrected chi connectivity index (χ0v) is 13.3. The number of amides is 1. The van der Waals surface area contributed by atoms with Crippen molar-refractivity contribution in [3.8, 4) is 5.69 Å². The molecule has 2 N–H and O–H groups in total. The molecule has 0 aliphatic carbocycles. The van der Waals surface area contributed by atoms with Crippen LogP contribution in [-0.2, 0) is 17.6 Å². The molecule has 0 aliphatic rings. The predicted octanol–water partition coefficient (Wildman–Crippen LogP) is 2.40. The summed E-state index contributed by atoms with van der Waals surface area (Å²) in [5, 5.41) is 11.3. The average molecular weight is 336 g/mol. The Bertz CT molecular complexity index is 920. The third-order valence-corrected chi connectivity index (χ3v) is 3.88. The van der Waals surface area contributed by atoms with Crippen LogP contribution in [0.3, 0.4) is 0 Å². The maximum absolute atomic E-state index is 11.3. The van der Waals surface area contributed by atoms with E-state index in [1.807, 2.05) is 35.0 Å². The quantitative estimate of drug-likeness (QED) is 0.551. The van der Waals surface area contributed by atoms with Gasteiger partial charge in [-0.3, -0.25) is 14.9 Å². The number of imidazole rings is 1. The van der Waals surface area contributed by atoms with Gasteiger partial charge in [0, 0.05) is 29.7 Å². The molecule has 3 aromatic rings. The molecule has 126 valence electrons. The number of nitro benzene ring substituents is 1. The van der Waals surface area contributed by atoms with E-state index in [-0.39, 0.29) is 12.1 Å². The molecule has 0 aliphatic heterocycles. The fourth-order valence-corrected chi connectivity index (χ4v) is 2.76. The normalized spacial score (nSPS) is 10.6. The molecule has 3 rings (SSSR count). The molecule has 2 aromatic carbocycles. The number of carbonyl (C=O) groups excluding carboxylic acids is 1. The number of nitrogens with two attached hydrogens (primary N) is 1. The van der Waals surface area contributed by atoms with Gasteiger partial charge in [-0.1, -0.05) is 30.3 Å². The van der Waals surface area contributed by atoms with Crippen molar-refractivity contribution in [3.63, 3.8) is 0 Å². The van der Waals surface area contributed by atoms with Gasteiger partial charge in [0.15, 0.2) is 0 Å². The number of hydrogen-bond acceptors (Lipinski definition) is 4. The molecule has 0 bridgehead atoms. The Morgan fingerprint density at radius 1 is 1.20 bits per heavy atom. The van der Waals surface area contributed by atoms with Gasteiger partial charge in [0.25, 0.3) is 5.69 Å². The van der Waals surface area contributed by atoms with Gasteiger partial charge in [0.1, 0.15) is 0 Å². The van der Waals surface area contributed by atoms with Crippen LogP contribution >= 0.6 is 0 Å². The van der Waals surface area contributed by atoms with Gasteiger partial charge < -0.3 is 10.3 Å². The standard InChI is InChI=1S/C18H16N4O3/c19-18(23)11-15-6-5-13(10-17(15)22(24)25)9-14-3-1-2-4-16(14)21-8-7-20-12-21/h1-8,10,12H,9,11H2,(H2,19,23). The van der Waals surface area contributed by atoms with Crippen molar-refractivity contribution in [2.75, 3.05) is 0 Å². The minimum atomic E-state index is -0.596. The zero-order chi connectivity index (χ0) is 17.8. The Morgan fingerprint density at radius 2 is 2.00 bits per heavy atom. The number of nitrogens with zero attached hydrogens (tertiary/aromatic N) is 3. The highest BCUT2D eigenvalue weighted by Crippen LogP contribution is 2.24. The molecule has 0 fully saturated rings. The second kappa shape index (κ2) is 6.96. The Kier molecular flexibility index (Phi) is 4.56. The van der Waals surface area contributed by atoms with E-state index in [4.69, 9.17) is 5.73 Å². The van der Waals surface area contributed by atoms with E-state index < -0.39 is 10.8 Å². The first kappa shape index (κ1) is 16.4. The fourth-order valence-electron chi connectivity index (χ4n) is 2.76. The molecule has 0 atom stereocenters. The van der Waals surface area contributed by atoms with E-state index in [0.717, 1.165) is 16.8 Å². The van der Waals surface area contributed by atoms with Crippen molar-refractivity contribution in [1.29, 1.82) is 0 Å². The third kappa shape index (κ3) is 3.72. The zero-order valence-electron chi connectivity index (χ0n) is 13.3. The van der Waals surface area contributed by atoms with Crippen molar-refractivity contribution < 1.29 is 9.72 Å². The van der Waals surface area contributed by atoms with Crippen LogP contribution in [0.5, 0.6) is 0 Å². The topological polar surface area (TPSA) is 104 Å². The summed E-state index contributed by atoms with van der Waals surface area (Å²) in [6.45, 7) is 0. The van der Waals surface area contributed by atoms with Gasteiger partial charge >= 0.3 is 0 Å². The summed E-state index contributed by atoms with van der Waals surface area (Å²) < 4.78 is 1.89. The van der Waals surface area contributed by atoms with E-state index >= 15 is 0 Å². The number of carbonyl (C=O) groups is 1. The van der Waals surface area contributed by atoms with Crippen molar-refractivity contribution in [2.45, 2.75) is 12.8 Å². The molecule has 0 radical (unpaired) electrons. The average Bonchev–Trinajstić information content (AvgIpc) is 3.10. The molecular weight excluding hydrogens is 320 g/mol. The summed E-state index contributed by atoms with van der Waals surface area (Å²) in [5.74, 6) is -0.596.